The van der Waals surface area contributed by atoms with Crippen molar-refractivity contribution in [2.24, 2.45) is 10.9 Å². The molecule has 0 bridgehead atoms. The van der Waals surface area contributed by atoms with Crippen molar-refractivity contribution in [1.29, 1.82) is 0 Å². The second-order valence-electron chi connectivity index (χ2n) is 4.90. The van der Waals surface area contributed by atoms with Gasteiger partial charge in [0.25, 0.3) is 0 Å². The Morgan fingerprint density at radius 2 is 2.10 bits per heavy atom. The smallest absolute Gasteiger partial charge is 0.312 e. The lowest BCUT2D eigenvalue weighted by molar-refractivity contribution is -0.140. The summed E-state index contributed by atoms with van der Waals surface area (Å²) in [5.74, 6) is -1.74. The van der Waals surface area contributed by atoms with Crippen LogP contribution < -0.4 is 5.01 Å². The summed E-state index contributed by atoms with van der Waals surface area (Å²) < 4.78 is 13.0. The molecule has 1 aromatic carbocycles. The van der Waals surface area contributed by atoms with Crippen molar-refractivity contribution in [2.75, 3.05) is 25.1 Å². The van der Waals surface area contributed by atoms with Gasteiger partial charge in [0.2, 0.25) is 0 Å². The highest BCUT2D eigenvalue weighted by atomic mass is 19.1. The number of likely N-dealkylation sites (N-methyl/N-ethyl adjacent to an activating group) is 1. The quantitative estimate of drug-likeness (QED) is 0.889. The molecular formula is C14H14FN3O2. The number of carboxylic acid groups (broad SMARTS) is 1. The lowest BCUT2D eigenvalue weighted by Crippen LogP contribution is -2.34. The first kappa shape index (κ1) is 12.8. The Balaban J connectivity index is 2.01. The van der Waals surface area contributed by atoms with Gasteiger partial charge in [-0.15, -0.1) is 0 Å². The van der Waals surface area contributed by atoms with Gasteiger partial charge in [-0.1, -0.05) is 0 Å². The fourth-order valence-electron chi connectivity index (χ4n) is 2.64. The average molecular weight is 275 g/mol. The topological polar surface area (TPSA) is 56.1 Å². The highest BCUT2D eigenvalue weighted by Gasteiger charge is 2.36. The second kappa shape index (κ2) is 4.72. The maximum atomic E-state index is 13.0. The second-order valence-corrected chi connectivity index (χ2v) is 4.90. The summed E-state index contributed by atoms with van der Waals surface area (Å²) >= 11 is 0. The number of nitrogens with zero attached hydrogens (tertiary/aromatic N) is 3. The third-order valence-corrected chi connectivity index (χ3v) is 3.59. The molecule has 0 fully saturated rings. The fourth-order valence-corrected chi connectivity index (χ4v) is 2.64. The standard InChI is InChI=1S/C14H14FN3O2/c1-17-8-12-11(14(19)20)6-16-7-13(12)18(17)10-4-2-9(15)3-5-10/h2-5,7,11H,6,8H2,1H3,(H,19,20). The van der Waals surface area contributed by atoms with Gasteiger partial charge in [0, 0.05) is 19.8 Å². The Morgan fingerprint density at radius 3 is 2.75 bits per heavy atom. The molecule has 0 saturated heterocycles. The van der Waals surface area contributed by atoms with Gasteiger partial charge in [-0.2, -0.15) is 0 Å². The summed E-state index contributed by atoms with van der Waals surface area (Å²) in [6, 6.07) is 6.10. The highest BCUT2D eigenvalue weighted by Crippen LogP contribution is 2.33. The molecule has 1 aromatic rings. The van der Waals surface area contributed by atoms with Crippen molar-refractivity contribution in [3.63, 3.8) is 0 Å². The summed E-state index contributed by atoms with van der Waals surface area (Å²) in [6.07, 6.45) is 1.70. The first-order chi connectivity index (χ1) is 9.58. The van der Waals surface area contributed by atoms with Crippen LogP contribution >= 0.6 is 0 Å². The number of hydrogen-bond donors (Lipinski definition) is 1. The molecule has 1 unspecified atom stereocenters. The van der Waals surface area contributed by atoms with Gasteiger partial charge in [-0.3, -0.25) is 14.8 Å². The van der Waals surface area contributed by atoms with Crippen molar-refractivity contribution in [2.45, 2.75) is 0 Å². The largest absolute Gasteiger partial charge is 0.481 e. The van der Waals surface area contributed by atoms with Gasteiger partial charge in [-0.25, -0.2) is 9.40 Å². The minimum Gasteiger partial charge on any atom is -0.481 e. The third kappa shape index (κ3) is 1.98. The number of allylic oxidation sites excluding steroid dienone is 1. The van der Waals surface area contributed by atoms with E-state index in [1.54, 1.807) is 18.3 Å². The zero-order chi connectivity index (χ0) is 14.3. The first-order valence-electron chi connectivity index (χ1n) is 6.30. The predicted octanol–water partition coefficient (Wildman–Crippen LogP) is 1.53. The minimum atomic E-state index is -0.858. The fraction of sp³-hybridized carbons (Fsp3) is 0.286. The number of aliphatic carboxylic acids is 1. The van der Waals surface area contributed by atoms with Crippen LogP contribution in [0.25, 0.3) is 0 Å². The third-order valence-electron chi connectivity index (χ3n) is 3.59. The van der Waals surface area contributed by atoms with E-state index in [1.807, 2.05) is 17.1 Å². The number of hydrazine groups is 1. The maximum Gasteiger partial charge on any atom is 0.312 e. The normalized spacial score (nSPS) is 22.3. The van der Waals surface area contributed by atoms with Crippen LogP contribution in [0.3, 0.4) is 0 Å². The molecule has 20 heavy (non-hydrogen) atoms. The molecule has 0 spiro atoms. The molecule has 0 amide bonds. The Labute approximate surface area is 115 Å². The van der Waals surface area contributed by atoms with Gasteiger partial charge in [0.15, 0.2) is 0 Å². The van der Waals surface area contributed by atoms with Gasteiger partial charge >= 0.3 is 5.97 Å². The lowest BCUT2D eigenvalue weighted by atomic mass is 9.96. The minimum absolute atomic E-state index is 0.277. The van der Waals surface area contributed by atoms with Crippen molar-refractivity contribution in [1.82, 2.24) is 5.01 Å². The van der Waals surface area contributed by atoms with E-state index in [0.717, 1.165) is 17.0 Å². The van der Waals surface area contributed by atoms with Crippen LogP contribution in [0.4, 0.5) is 10.1 Å². The van der Waals surface area contributed by atoms with Crippen LogP contribution in [0.15, 0.2) is 40.5 Å². The van der Waals surface area contributed by atoms with Crippen molar-refractivity contribution in [3.05, 3.63) is 41.4 Å². The Morgan fingerprint density at radius 1 is 1.40 bits per heavy atom. The molecule has 0 radical (unpaired) electrons. The zero-order valence-corrected chi connectivity index (χ0v) is 11.0. The number of halogens is 1. The molecule has 5 nitrogen and oxygen atoms in total. The van der Waals surface area contributed by atoms with Gasteiger partial charge in [0.1, 0.15) is 11.7 Å². The Kier molecular flexibility index (Phi) is 3.02. The van der Waals surface area contributed by atoms with E-state index in [4.69, 9.17) is 0 Å². The molecular weight excluding hydrogens is 261 g/mol. The number of hydrogen-bond acceptors (Lipinski definition) is 4. The average Bonchev–Trinajstić information content (AvgIpc) is 2.75. The molecule has 104 valence electrons. The summed E-state index contributed by atoms with van der Waals surface area (Å²) in [7, 11) is 1.87. The first-order valence-corrected chi connectivity index (χ1v) is 6.30. The van der Waals surface area contributed by atoms with Gasteiger partial charge < -0.3 is 5.11 Å². The summed E-state index contributed by atoms with van der Waals surface area (Å²) in [5.41, 5.74) is 2.41. The maximum absolute atomic E-state index is 13.0. The predicted molar refractivity (Wildman–Crippen MR) is 73.0 cm³/mol. The summed E-state index contributed by atoms with van der Waals surface area (Å²) in [6.45, 7) is 0.814. The summed E-state index contributed by atoms with van der Waals surface area (Å²) in [4.78, 5) is 15.4. The molecule has 6 heteroatoms. The molecule has 0 aliphatic carbocycles. The van der Waals surface area contributed by atoms with E-state index in [1.165, 1.54) is 12.1 Å². The lowest BCUT2D eigenvalue weighted by Gasteiger charge is -2.28. The van der Waals surface area contributed by atoms with Gasteiger partial charge in [-0.05, 0) is 29.8 Å². The molecule has 3 rings (SSSR count). The van der Waals surface area contributed by atoms with E-state index < -0.39 is 11.9 Å². The van der Waals surface area contributed by atoms with Crippen LogP contribution in [0.5, 0.6) is 0 Å². The number of carbonyl (C=O) groups is 1. The van der Waals surface area contributed by atoms with E-state index in [9.17, 15) is 14.3 Å². The Bertz CT molecular complexity index is 609. The number of benzene rings is 1. The molecule has 2 heterocycles. The highest BCUT2D eigenvalue weighted by molar-refractivity contribution is 5.90. The van der Waals surface area contributed by atoms with E-state index in [-0.39, 0.29) is 12.4 Å². The van der Waals surface area contributed by atoms with Crippen LogP contribution in [-0.2, 0) is 4.79 Å². The SMILES string of the molecule is CN1CC2=C(C=NCC2C(=O)O)N1c1ccc(F)cc1. The molecule has 2 aliphatic heterocycles. The van der Waals surface area contributed by atoms with E-state index in [0.29, 0.717) is 6.54 Å². The Hall–Kier alpha value is -2.21. The number of carboxylic acids is 1. The van der Waals surface area contributed by atoms with Gasteiger partial charge in [0.05, 0.1) is 17.9 Å². The molecule has 1 atom stereocenters. The molecule has 2 aliphatic rings. The van der Waals surface area contributed by atoms with Crippen LogP contribution in [0.1, 0.15) is 0 Å². The number of rotatable bonds is 2. The number of aliphatic imine (C=N–C) groups is 1. The molecule has 1 N–H and O–H groups in total. The summed E-state index contributed by atoms with van der Waals surface area (Å²) in [5, 5.41) is 13.0. The van der Waals surface area contributed by atoms with Crippen LogP contribution in [0.2, 0.25) is 0 Å². The van der Waals surface area contributed by atoms with Crippen molar-refractivity contribution in [3.8, 4) is 0 Å². The van der Waals surface area contributed by atoms with Crippen molar-refractivity contribution >= 4 is 17.9 Å². The molecule has 0 saturated carbocycles. The van der Waals surface area contributed by atoms with Crippen LogP contribution in [-0.4, -0.2) is 42.4 Å². The number of anilines is 1. The molecule has 0 aromatic heterocycles. The van der Waals surface area contributed by atoms with Crippen LogP contribution in [0, 0.1) is 11.7 Å². The number of dihydropyridines is 1. The monoisotopic (exact) mass is 275 g/mol. The van der Waals surface area contributed by atoms with Crippen molar-refractivity contribution < 1.29 is 14.3 Å². The van der Waals surface area contributed by atoms with E-state index >= 15 is 0 Å². The zero-order valence-electron chi connectivity index (χ0n) is 11.0. The van der Waals surface area contributed by atoms with E-state index in [2.05, 4.69) is 4.99 Å².